The molecule has 1 aromatic rings. The monoisotopic (exact) mass is 309 g/mol. The molecule has 2 aliphatic rings. The van der Waals surface area contributed by atoms with Crippen LogP contribution in [0.2, 0.25) is 0 Å². The summed E-state index contributed by atoms with van der Waals surface area (Å²) in [5.41, 5.74) is 1.37. The highest BCUT2D eigenvalue weighted by Gasteiger charge is 2.22. The molecule has 3 rings (SSSR count). The summed E-state index contributed by atoms with van der Waals surface area (Å²) < 4.78 is 6.99. The summed E-state index contributed by atoms with van der Waals surface area (Å²) in [7, 11) is 0. The van der Waals surface area contributed by atoms with E-state index >= 15 is 0 Å². The Hall–Kier alpha value is -0.540. The summed E-state index contributed by atoms with van der Waals surface area (Å²) in [6.45, 7) is 2.06. The van der Waals surface area contributed by atoms with Crippen molar-refractivity contribution >= 4 is 15.9 Å². The minimum Gasteiger partial charge on any atom is -0.493 e. The standard InChI is InChI=1S/C15H20BrNO/c16-13-6-12(7-14-2-1-5-17-14)8-15(9-13)18-10-11-3-4-11/h6,8-9,11,14,17H,1-5,7,10H2. The highest BCUT2D eigenvalue weighted by atomic mass is 79.9. The molecule has 1 N–H and O–H groups in total. The fourth-order valence-electron chi connectivity index (χ4n) is 2.54. The summed E-state index contributed by atoms with van der Waals surface area (Å²) >= 11 is 3.58. The SMILES string of the molecule is Brc1cc(CC2CCCN2)cc(OCC2CC2)c1. The van der Waals surface area contributed by atoms with Gasteiger partial charge in [-0.15, -0.1) is 0 Å². The third-order valence-corrected chi connectivity index (χ3v) is 4.22. The Kier molecular flexibility index (Phi) is 3.90. The Balaban J connectivity index is 1.64. The van der Waals surface area contributed by atoms with Gasteiger partial charge >= 0.3 is 0 Å². The first kappa shape index (κ1) is 12.5. The number of hydrogen-bond donors (Lipinski definition) is 1. The second kappa shape index (κ2) is 5.62. The molecule has 0 radical (unpaired) electrons. The van der Waals surface area contributed by atoms with Crippen molar-refractivity contribution in [3.63, 3.8) is 0 Å². The average Bonchev–Trinajstić information content (AvgIpc) is 3.04. The summed E-state index contributed by atoms with van der Waals surface area (Å²) in [6.07, 6.45) is 6.40. The summed E-state index contributed by atoms with van der Waals surface area (Å²) in [4.78, 5) is 0. The largest absolute Gasteiger partial charge is 0.493 e. The lowest BCUT2D eigenvalue weighted by atomic mass is 10.0. The van der Waals surface area contributed by atoms with E-state index in [1.807, 2.05) is 0 Å². The molecule has 0 amide bonds. The van der Waals surface area contributed by atoms with E-state index in [-0.39, 0.29) is 0 Å². The fourth-order valence-corrected chi connectivity index (χ4v) is 3.06. The number of hydrogen-bond acceptors (Lipinski definition) is 2. The van der Waals surface area contributed by atoms with Crippen LogP contribution in [0.4, 0.5) is 0 Å². The molecular formula is C15H20BrNO. The number of ether oxygens (including phenoxy) is 1. The van der Waals surface area contributed by atoms with Crippen molar-refractivity contribution in [2.75, 3.05) is 13.2 Å². The van der Waals surface area contributed by atoms with Gasteiger partial charge in [0.05, 0.1) is 6.61 Å². The second-order valence-corrected chi connectivity index (χ2v) is 6.46. The maximum absolute atomic E-state index is 5.87. The lowest BCUT2D eigenvalue weighted by molar-refractivity contribution is 0.299. The van der Waals surface area contributed by atoms with E-state index in [4.69, 9.17) is 4.74 Å². The topological polar surface area (TPSA) is 21.3 Å². The quantitative estimate of drug-likeness (QED) is 0.898. The highest BCUT2D eigenvalue weighted by molar-refractivity contribution is 9.10. The number of nitrogens with one attached hydrogen (secondary N) is 1. The number of benzene rings is 1. The predicted octanol–water partition coefficient (Wildman–Crippen LogP) is 3.53. The Bertz CT molecular complexity index is 411. The van der Waals surface area contributed by atoms with Crippen LogP contribution < -0.4 is 10.1 Å². The van der Waals surface area contributed by atoms with Gasteiger partial charge in [0.2, 0.25) is 0 Å². The zero-order valence-corrected chi connectivity index (χ0v) is 12.2. The van der Waals surface area contributed by atoms with Gasteiger partial charge in [-0.05, 0) is 68.3 Å². The van der Waals surface area contributed by atoms with E-state index in [0.717, 1.165) is 29.2 Å². The molecule has 0 bridgehead atoms. The third kappa shape index (κ3) is 3.48. The Morgan fingerprint density at radius 3 is 2.83 bits per heavy atom. The van der Waals surface area contributed by atoms with Crippen molar-refractivity contribution in [1.29, 1.82) is 0 Å². The molecule has 1 unspecified atom stereocenters. The third-order valence-electron chi connectivity index (χ3n) is 3.76. The molecule has 1 aliphatic heterocycles. The summed E-state index contributed by atoms with van der Waals surface area (Å²) in [6, 6.07) is 7.14. The average molecular weight is 310 g/mol. The van der Waals surface area contributed by atoms with Gasteiger partial charge in [0.1, 0.15) is 5.75 Å². The molecule has 2 nitrogen and oxygen atoms in total. The van der Waals surface area contributed by atoms with Crippen molar-refractivity contribution < 1.29 is 4.74 Å². The van der Waals surface area contributed by atoms with Crippen LogP contribution in [0.3, 0.4) is 0 Å². The number of halogens is 1. The van der Waals surface area contributed by atoms with E-state index in [1.165, 1.54) is 37.8 Å². The molecule has 1 saturated carbocycles. The second-order valence-electron chi connectivity index (χ2n) is 5.55. The van der Waals surface area contributed by atoms with Crippen molar-refractivity contribution in [3.8, 4) is 5.75 Å². The van der Waals surface area contributed by atoms with Crippen molar-refractivity contribution in [3.05, 3.63) is 28.2 Å². The minimum atomic E-state index is 0.649. The summed E-state index contributed by atoms with van der Waals surface area (Å²) in [5.74, 6) is 1.83. The molecule has 3 heteroatoms. The van der Waals surface area contributed by atoms with Gasteiger partial charge in [-0.25, -0.2) is 0 Å². The van der Waals surface area contributed by atoms with E-state index in [2.05, 4.69) is 39.4 Å². The molecule has 0 spiro atoms. The molecule has 2 fully saturated rings. The van der Waals surface area contributed by atoms with Gasteiger partial charge in [-0.1, -0.05) is 15.9 Å². The van der Waals surface area contributed by atoms with Crippen LogP contribution in [-0.2, 0) is 6.42 Å². The molecule has 1 atom stereocenters. The van der Waals surface area contributed by atoms with E-state index in [9.17, 15) is 0 Å². The van der Waals surface area contributed by atoms with Gasteiger partial charge in [0.25, 0.3) is 0 Å². The van der Waals surface area contributed by atoms with Crippen molar-refractivity contribution in [2.45, 2.75) is 38.1 Å². The molecule has 1 saturated heterocycles. The Morgan fingerprint density at radius 1 is 1.22 bits per heavy atom. The molecule has 98 valence electrons. The van der Waals surface area contributed by atoms with Gasteiger partial charge in [-0.2, -0.15) is 0 Å². The molecule has 18 heavy (non-hydrogen) atoms. The summed E-state index contributed by atoms with van der Waals surface area (Å²) in [5, 5.41) is 3.55. The van der Waals surface area contributed by atoms with Gasteiger partial charge in [0, 0.05) is 10.5 Å². The zero-order chi connectivity index (χ0) is 12.4. The first-order chi connectivity index (χ1) is 8.79. The first-order valence-corrected chi connectivity index (χ1v) is 7.74. The lowest BCUT2D eigenvalue weighted by Gasteiger charge is -2.12. The van der Waals surface area contributed by atoms with Crippen LogP contribution in [0.15, 0.2) is 22.7 Å². The van der Waals surface area contributed by atoms with Crippen LogP contribution in [-0.4, -0.2) is 19.2 Å². The Labute approximate surface area is 117 Å². The first-order valence-electron chi connectivity index (χ1n) is 6.95. The van der Waals surface area contributed by atoms with E-state index in [0.29, 0.717) is 6.04 Å². The van der Waals surface area contributed by atoms with Crippen LogP contribution in [0.5, 0.6) is 5.75 Å². The predicted molar refractivity (Wildman–Crippen MR) is 77.1 cm³/mol. The Morgan fingerprint density at radius 2 is 2.11 bits per heavy atom. The van der Waals surface area contributed by atoms with E-state index in [1.54, 1.807) is 0 Å². The molecular weight excluding hydrogens is 290 g/mol. The molecule has 1 aliphatic carbocycles. The highest BCUT2D eigenvalue weighted by Crippen LogP contribution is 2.30. The van der Waals surface area contributed by atoms with Crippen LogP contribution in [0.25, 0.3) is 0 Å². The van der Waals surface area contributed by atoms with Crippen molar-refractivity contribution in [2.24, 2.45) is 5.92 Å². The smallest absolute Gasteiger partial charge is 0.120 e. The lowest BCUT2D eigenvalue weighted by Crippen LogP contribution is -2.23. The minimum absolute atomic E-state index is 0.649. The maximum atomic E-state index is 5.87. The normalized spacial score (nSPS) is 23.3. The zero-order valence-electron chi connectivity index (χ0n) is 10.6. The molecule has 1 heterocycles. The van der Waals surface area contributed by atoms with Crippen molar-refractivity contribution in [1.82, 2.24) is 5.32 Å². The fraction of sp³-hybridized carbons (Fsp3) is 0.600. The number of rotatable bonds is 5. The van der Waals surface area contributed by atoms with Gasteiger partial charge < -0.3 is 10.1 Å². The van der Waals surface area contributed by atoms with Gasteiger partial charge in [-0.3, -0.25) is 0 Å². The molecule has 0 aromatic heterocycles. The van der Waals surface area contributed by atoms with Crippen LogP contribution >= 0.6 is 15.9 Å². The van der Waals surface area contributed by atoms with E-state index < -0.39 is 0 Å². The molecule has 1 aromatic carbocycles. The van der Waals surface area contributed by atoms with Crippen LogP contribution in [0.1, 0.15) is 31.2 Å². The maximum Gasteiger partial charge on any atom is 0.120 e. The van der Waals surface area contributed by atoms with Gasteiger partial charge in [0.15, 0.2) is 0 Å². The van der Waals surface area contributed by atoms with Crippen LogP contribution in [0, 0.1) is 5.92 Å².